The van der Waals surface area contributed by atoms with Crippen LogP contribution in [0.25, 0.3) is 0 Å². The predicted octanol–water partition coefficient (Wildman–Crippen LogP) is -0.438. The molecule has 0 bridgehead atoms. The third-order valence-electron chi connectivity index (χ3n) is 1.60. The molecular formula is C8H19ClN4O2. The van der Waals surface area contributed by atoms with Gasteiger partial charge in [0, 0.05) is 6.54 Å². The fourth-order valence-electron chi connectivity index (χ4n) is 0.912. The Morgan fingerprint density at radius 1 is 1.60 bits per heavy atom. The number of rotatable bonds is 6. The molecule has 0 heterocycles. The molecule has 0 radical (unpaired) electrons. The van der Waals surface area contributed by atoms with Crippen LogP contribution in [0.3, 0.4) is 0 Å². The SMILES string of the molecule is CCOC(=O)[C@@H](N)CCCNC(=N)N.Cl. The molecule has 0 spiro atoms. The van der Waals surface area contributed by atoms with Crippen LogP contribution in [0.1, 0.15) is 19.8 Å². The van der Waals surface area contributed by atoms with E-state index in [4.69, 9.17) is 21.6 Å². The molecule has 0 aromatic heterocycles. The maximum Gasteiger partial charge on any atom is 0.322 e. The second-order valence-corrected chi connectivity index (χ2v) is 2.84. The van der Waals surface area contributed by atoms with E-state index in [-0.39, 0.29) is 24.3 Å². The zero-order chi connectivity index (χ0) is 11.0. The summed E-state index contributed by atoms with van der Waals surface area (Å²) in [6, 6.07) is -0.580. The van der Waals surface area contributed by atoms with Crippen LogP contribution in [0.5, 0.6) is 0 Å². The fourth-order valence-corrected chi connectivity index (χ4v) is 0.912. The van der Waals surface area contributed by atoms with E-state index < -0.39 is 6.04 Å². The highest BCUT2D eigenvalue weighted by molar-refractivity contribution is 5.85. The summed E-state index contributed by atoms with van der Waals surface area (Å²) in [7, 11) is 0. The van der Waals surface area contributed by atoms with Gasteiger partial charge in [-0.2, -0.15) is 0 Å². The standard InChI is InChI=1S/C8H18N4O2.ClH/c1-2-14-7(13)6(9)4-3-5-12-8(10)11;/h6H,2-5,9H2,1H3,(H4,10,11,12);1H/t6-;/m0./s1. The molecule has 1 atom stereocenters. The Morgan fingerprint density at radius 3 is 2.67 bits per heavy atom. The zero-order valence-corrected chi connectivity index (χ0v) is 9.60. The first kappa shape index (κ1) is 16.4. The number of esters is 1. The van der Waals surface area contributed by atoms with E-state index in [0.717, 1.165) is 0 Å². The van der Waals surface area contributed by atoms with Crippen molar-refractivity contribution in [3.8, 4) is 0 Å². The lowest BCUT2D eigenvalue weighted by molar-refractivity contribution is -0.144. The van der Waals surface area contributed by atoms with Gasteiger partial charge in [0.1, 0.15) is 6.04 Å². The van der Waals surface area contributed by atoms with Crippen molar-refractivity contribution in [1.29, 1.82) is 5.41 Å². The average Bonchev–Trinajstić information content (AvgIpc) is 2.12. The van der Waals surface area contributed by atoms with E-state index in [1.54, 1.807) is 6.92 Å². The Bertz CT molecular complexity index is 201. The van der Waals surface area contributed by atoms with Gasteiger partial charge in [-0.25, -0.2) is 0 Å². The van der Waals surface area contributed by atoms with Crippen molar-refractivity contribution < 1.29 is 9.53 Å². The quantitative estimate of drug-likeness (QED) is 0.217. The molecule has 0 amide bonds. The largest absolute Gasteiger partial charge is 0.465 e. The normalized spacial score (nSPS) is 11.1. The van der Waals surface area contributed by atoms with Gasteiger partial charge in [0.25, 0.3) is 0 Å². The maximum absolute atomic E-state index is 11.0. The first-order valence-electron chi connectivity index (χ1n) is 4.58. The summed E-state index contributed by atoms with van der Waals surface area (Å²) in [5.74, 6) is -0.454. The fraction of sp³-hybridized carbons (Fsp3) is 0.750. The number of hydrogen-bond acceptors (Lipinski definition) is 4. The summed E-state index contributed by atoms with van der Waals surface area (Å²) in [6.07, 6.45) is 1.21. The van der Waals surface area contributed by atoms with E-state index in [9.17, 15) is 4.79 Å². The molecule has 0 aromatic carbocycles. The number of hydrogen-bond donors (Lipinski definition) is 4. The molecule has 6 N–H and O–H groups in total. The molecule has 15 heavy (non-hydrogen) atoms. The van der Waals surface area contributed by atoms with Crippen LogP contribution in [-0.4, -0.2) is 31.1 Å². The summed E-state index contributed by atoms with van der Waals surface area (Å²) < 4.78 is 4.73. The van der Waals surface area contributed by atoms with Crippen LogP contribution in [0.15, 0.2) is 0 Å². The molecule has 0 aliphatic heterocycles. The van der Waals surface area contributed by atoms with Crippen LogP contribution >= 0.6 is 12.4 Å². The molecule has 0 aliphatic rings. The Labute approximate surface area is 95.6 Å². The van der Waals surface area contributed by atoms with Gasteiger partial charge in [-0.05, 0) is 19.8 Å². The van der Waals surface area contributed by atoms with Crippen LogP contribution in [-0.2, 0) is 9.53 Å². The predicted molar refractivity (Wildman–Crippen MR) is 61.0 cm³/mol. The van der Waals surface area contributed by atoms with Gasteiger partial charge in [-0.1, -0.05) is 0 Å². The third kappa shape index (κ3) is 9.30. The van der Waals surface area contributed by atoms with Gasteiger partial charge < -0.3 is 21.5 Å². The first-order valence-corrected chi connectivity index (χ1v) is 4.58. The van der Waals surface area contributed by atoms with E-state index >= 15 is 0 Å². The number of nitrogens with two attached hydrogens (primary N) is 2. The summed E-state index contributed by atoms with van der Waals surface area (Å²) in [6.45, 7) is 2.63. The van der Waals surface area contributed by atoms with Crippen LogP contribution in [0.4, 0.5) is 0 Å². The van der Waals surface area contributed by atoms with Crippen molar-refractivity contribution in [2.45, 2.75) is 25.8 Å². The van der Waals surface area contributed by atoms with Gasteiger partial charge in [-0.15, -0.1) is 12.4 Å². The van der Waals surface area contributed by atoms with E-state index in [1.807, 2.05) is 0 Å². The highest BCUT2D eigenvalue weighted by Gasteiger charge is 2.13. The molecule has 90 valence electrons. The van der Waals surface area contributed by atoms with Crippen molar-refractivity contribution in [2.75, 3.05) is 13.2 Å². The second-order valence-electron chi connectivity index (χ2n) is 2.84. The minimum Gasteiger partial charge on any atom is -0.465 e. The monoisotopic (exact) mass is 238 g/mol. The topological polar surface area (TPSA) is 114 Å². The molecule has 0 unspecified atom stereocenters. The molecule has 0 rings (SSSR count). The number of carbonyl (C=O) groups is 1. The van der Waals surface area contributed by atoms with Crippen molar-refractivity contribution in [3.05, 3.63) is 0 Å². The van der Waals surface area contributed by atoms with Gasteiger partial charge in [0.2, 0.25) is 0 Å². The minimum atomic E-state index is -0.580. The Morgan fingerprint density at radius 2 is 2.20 bits per heavy atom. The van der Waals surface area contributed by atoms with Crippen molar-refractivity contribution in [3.63, 3.8) is 0 Å². The van der Waals surface area contributed by atoms with Crippen molar-refractivity contribution >= 4 is 24.3 Å². The highest BCUT2D eigenvalue weighted by atomic mass is 35.5. The highest BCUT2D eigenvalue weighted by Crippen LogP contribution is 1.95. The molecule has 0 fully saturated rings. The molecule has 0 saturated heterocycles. The van der Waals surface area contributed by atoms with Crippen molar-refractivity contribution in [2.24, 2.45) is 11.5 Å². The van der Waals surface area contributed by atoms with Crippen LogP contribution in [0.2, 0.25) is 0 Å². The molecule has 0 aliphatic carbocycles. The minimum absolute atomic E-state index is 0. The number of nitrogens with one attached hydrogen (secondary N) is 2. The molecule has 0 aromatic rings. The third-order valence-corrected chi connectivity index (χ3v) is 1.60. The van der Waals surface area contributed by atoms with Gasteiger partial charge >= 0.3 is 5.97 Å². The summed E-state index contributed by atoms with van der Waals surface area (Å²) in [4.78, 5) is 11.0. The van der Waals surface area contributed by atoms with Gasteiger partial charge in [0.05, 0.1) is 6.61 Å². The number of ether oxygens (including phenoxy) is 1. The van der Waals surface area contributed by atoms with Crippen molar-refractivity contribution in [1.82, 2.24) is 5.32 Å². The molecule has 6 nitrogen and oxygen atoms in total. The smallest absolute Gasteiger partial charge is 0.322 e. The Kier molecular flexibility index (Phi) is 10.4. The molecular weight excluding hydrogens is 220 g/mol. The number of halogens is 1. The van der Waals surface area contributed by atoms with E-state index in [0.29, 0.717) is 26.0 Å². The van der Waals surface area contributed by atoms with E-state index in [1.165, 1.54) is 0 Å². The molecule has 0 saturated carbocycles. The lowest BCUT2D eigenvalue weighted by Gasteiger charge is -2.10. The molecule has 7 heteroatoms. The second kappa shape index (κ2) is 9.54. The van der Waals surface area contributed by atoms with Gasteiger partial charge in [0.15, 0.2) is 5.96 Å². The Balaban J connectivity index is 0. The van der Waals surface area contributed by atoms with Crippen LogP contribution in [0, 0.1) is 5.41 Å². The lowest BCUT2D eigenvalue weighted by Crippen LogP contribution is -2.35. The number of guanidine groups is 1. The summed E-state index contributed by atoms with van der Waals surface area (Å²) in [5, 5.41) is 9.50. The van der Waals surface area contributed by atoms with E-state index in [2.05, 4.69) is 5.32 Å². The summed E-state index contributed by atoms with van der Waals surface area (Å²) in [5.41, 5.74) is 10.6. The maximum atomic E-state index is 11.0. The number of carbonyl (C=O) groups excluding carboxylic acids is 1. The first-order chi connectivity index (χ1) is 6.57. The lowest BCUT2D eigenvalue weighted by atomic mass is 10.2. The van der Waals surface area contributed by atoms with Crippen LogP contribution < -0.4 is 16.8 Å². The Hall–Kier alpha value is -1.01. The summed E-state index contributed by atoms with van der Waals surface area (Å²) >= 11 is 0. The average molecular weight is 239 g/mol. The zero-order valence-electron chi connectivity index (χ0n) is 8.79. The van der Waals surface area contributed by atoms with Gasteiger partial charge in [-0.3, -0.25) is 10.2 Å².